The molecule has 0 spiro atoms. The van der Waals surface area contributed by atoms with Crippen molar-refractivity contribution in [3.05, 3.63) is 16.1 Å². The number of halogens is 2. The van der Waals surface area contributed by atoms with Crippen LogP contribution in [-0.4, -0.2) is 19.7 Å². The summed E-state index contributed by atoms with van der Waals surface area (Å²) in [6, 6.07) is 0. The molecule has 4 nitrogen and oxygen atoms in total. The summed E-state index contributed by atoms with van der Waals surface area (Å²) in [5, 5.41) is 5.56. The van der Waals surface area contributed by atoms with Gasteiger partial charge in [0.15, 0.2) is 5.65 Å². The standard InChI is InChI=1S/C9H10BrClN4/c1-2-3-4-15-9-6(7(10)14-15)8(11)12-5-13-9/h5H,2-4H2,1H3. The zero-order chi connectivity index (χ0) is 10.8. The number of fused-ring (bicyclic) bond motifs is 1. The van der Waals surface area contributed by atoms with Crippen molar-refractivity contribution in [3.8, 4) is 0 Å². The lowest BCUT2D eigenvalue weighted by molar-refractivity contribution is 0.581. The molecule has 0 atom stereocenters. The Morgan fingerprint density at radius 1 is 1.47 bits per heavy atom. The van der Waals surface area contributed by atoms with Gasteiger partial charge < -0.3 is 0 Å². The second-order valence-corrected chi connectivity index (χ2v) is 4.34. The number of hydrogen-bond acceptors (Lipinski definition) is 3. The van der Waals surface area contributed by atoms with E-state index in [2.05, 4.69) is 37.9 Å². The maximum Gasteiger partial charge on any atom is 0.163 e. The highest BCUT2D eigenvalue weighted by atomic mass is 79.9. The summed E-state index contributed by atoms with van der Waals surface area (Å²) < 4.78 is 2.57. The molecule has 0 aliphatic rings. The zero-order valence-corrected chi connectivity index (χ0v) is 10.6. The third-order valence-corrected chi connectivity index (χ3v) is 3.01. The van der Waals surface area contributed by atoms with Crippen molar-refractivity contribution in [3.63, 3.8) is 0 Å². The first-order chi connectivity index (χ1) is 7.24. The zero-order valence-electron chi connectivity index (χ0n) is 8.24. The van der Waals surface area contributed by atoms with Crippen LogP contribution < -0.4 is 0 Å². The van der Waals surface area contributed by atoms with E-state index in [4.69, 9.17) is 11.6 Å². The van der Waals surface area contributed by atoms with Crippen molar-refractivity contribution >= 4 is 38.6 Å². The van der Waals surface area contributed by atoms with Crippen LogP contribution in [0.3, 0.4) is 0 Å². The molecule has 15 heavy (non-hydrogen) atoms. The normalized spacial score (nSPS) is 11.1. The van der Waals surface area contributed by atoms with E-state index in [0.29, 0.717) is 9.76 Å². The maximum atomic E-state index is 5.98. The average Bonchev–Trinajstić information content (AvgIpc) is 2.54. The van der Waals surface area contributed by atoms with Gasteiger partial charge in [-0.1, -0.05) is 24.9 Å². The summed E-state index contributed by atoms with van der Waals surface area (Å²) in [5.41, 5.74) is 0.787. The van der Waals surface area contributed by atoms with E-state index >= 15 is 0 Å². The quantitative estimate of drug-likeness (QED) is 0.816. The lowest BCUT2D eigenvalue weighted by atomic mass is 10.3. The fourth-order valence-corrected chi connectivity index (χ4v) is 2.28. The summed E-state index contributed by atoms with van der Waals surface area (Å²) >= 11 is 9.34. The summed E-state index contributed by atoms with van der Waals surface area (Å²) in [7, 11) is 0. The molecule has 0 aliphatic carbocycles. The predicted octanol–water partition coefficient (Wildman–Crippen LogP) is 3.04. The number of aryl methyl sites for hydroxylation is 1. The Hall–Kier alpha value is -0.680. The Morgan fingerprint density at radius 3 is 3.00 bits per heavy atom. The van der Waals surface area contributed by atoms with Crippen LogP contribution in [0.4, 0.5) is 0 Å². The van der Waals surface area contributed by atoms with Gasteiger partial charge in [-0.2, -0.15) is 5.10 Å². The number of rotatable bonds is 3. The molecule has 2 aromatic rings. The highest BCUT2D eigenvalue weighted by molar-refractivity contribution is 9.10. The van der Waals surface area contributed by atoms with Gasteiger partial charge in [-0.3, -0.25) is 0 Å². The lowest BCUT2D eigenvalue weighted by Gasteiger charge is -1.99. The fourth-order valence-electron chi connectivity index (χ4n) is 1.40. The maximum absolute atomic E-state index is 5.98. The molecule has 0 bridgehead atoms. The van der Waals surface area contributed by atoms with Crippen molar-refractivity contribution in [2.75, 3.05) is 0 Å². The van der Waals surface area contributed by atoms with Crippen molar-refractivity contribution in [1.29, 1.82) is 0 Å². The molecule has 80 valence electrons. The molecule has 0 unspecified atom stereocenters. The van der Waals surface area contributed by atoms with Gasteiger partial charge >= 0.3 is 0 Å². The molecule has 0 radical (unpaired) electrons. The second-order valence-electron chi connectivity index (χ2n) is 3.23. The molecule has 6 heteroatoms. The molecule has 0 saturated heterocycles. The van der Waals surface area contributed by atoms with Gasteiger partial charge in [-0.15, -0.1) is 0 Å². The summed E-state index contributed by atoms with van der Waals surface area (Å²) in [4.78, 5) is 8.12. The number of unbranched alkanes of at least 4 members (excludes halogenated alkanes) is 1. The van der Waals surface area contributed by atoms with E-state index in [9.17, 15) is 0 Å². The van der Waals surface area contributed by atoms with Gasteiger partial charge in [0.05, 0.1) is 5.39 Å². The largest absolute Gasteiger partial charge is 0.246 e. The van der Waals surface area contributed by atoms with Crippen molar-refractivity contribution < 1.29 is 0 Å². The van der Waals surface area contributed by atoms with Gasteiger partial charge in [-0.25, -0.2) is 14.6 Å². The fraction of sp³-hybridized carbons (Fsp3) is 0.444. The van der Waals surface area contributed by atoms with Gasteiger partial charge in [0.1, 0.15) is 16.1 Å². The Kier molecular flexibility index (Phi) is 3.21. The molecule has 2 rings (SSSR count). The van der Waals surface area contributed by atoms with E-state index in [1.165, 1.54) is 6.33 Å². The Labute approximate surface area is 101 Å². The first kappa shape index (κ1) is 10.8. The minimum Gasteiger partial charge on any atom is -0.246 e. The molecule has 0 amide bonds. The second kappa shape index (κ2) is 4.45. The van der Waals surface area contributed by atoms with Crippen LogP contribution >= 0.6 is 27.5 Å². The van der Waals surface area contributed by atoms with Crippen LogP contribution in [0.15, 0.2) is 10.9 Å². The molecule has 2 aromatic heterocycles. The van der Waals surface area contributed by atoms with Gasteiger partial charge in [0, 0.05) is 6.54 Å². The van der Waals surface area contributed by atoms with E-state index in [1.54, 1.807) is 0 Å². The predicted molar refractivity (Wildman–Crippen MR) is 62.9 cm³/mol. The first-order valence-corrected chi connectivity index (χ1v) is 5.93. The van der Waals surface area contributed by atoms with Crippen LogP contribution in [0.1, 0.15) is 19.8 Å². The molecule has 0 saturated carbocycles. The topological polar surface area (TPSA) is 43.6 Å². The molecular formula is C9H10BrClN4. The van der Waals surface area contributed by atoms with Crippen LogP contribution in [0, 0.1) is 0 Å². The molecule has 0 aliphatic heterocycles. The van der Waals surface area contributed by atoms with Crippen LogP contribution in [0.5, 0.6) is 0 Å². The third-order valence-electron chi connectivity index (χ3n) is 2.16. The number of aromatic nitrogens is 4. The highest BCUT2D eigenvalue weighted by Gasteiger charge is 2.12. The number of hydrogen-bond donors (Lipinski definition) is 0. The summed E-state index contributed by atoms with van der Waals surface area (Å²) in [6.45, 7) is 2.99. The SMILES string of the molecule is CCCCn1nc(Br)c2c(Cl)ncnc21. The van der Waals surface area contributed by atoms with Crippen molar-refractivity contribution in [1.82, 2.24) is 19.7 Å². The summed E-state index contributed by atoms with van der Waals surface area (Å²) in [5.74, 6) is 0. The lowest BCUT2D eigenvalue weighted by Crippen LogP contribution is -2.00. The smallest absolute Gasteiger partial charge is 0.163 e. The average molecular weight is 290 g/mol. The molecule has 0 fully saturated rings. The third kappa shape index (κ3) is 1.99. The number of nitrogens with zero attached hydrogens (tertiary/aromatic N) is 4. The minimum atomic E-state index is 0.439. The van der Waals surface area contributed by atoms with Crippen LogP contribution in [-0.2, 0) is 6.54 Å². The van der Waals surface area contributed by atoms with E-state index in [0.717, 1.165) is 30.4 Å². The van der Waals surface area contributed by atoms with Gasteiger partial charge in [0.25, 0.3) is 0 Å². The van der Waals surface area contributed by atoms with Crippen LogP contribution in [0.25, 0.3) is 11.0 Å². The Bertz CT molecular complexity index is 482. The van der Waals surface area contributed by atoms with E-state index in [-0.39, 0.29) is 0 Å². The molecule has 2 heterocycles. The van der Waals surface area contributed by atoms with Gasteiger partial charge in [0.2, 0.25) is 0 Å². The van der Waals surface area contributed by atoms with Crippen molar-refractivity contribution in [2.45, 2.75) is 26.3 Å². The molecular weight excluding hydrogens is 279 g/mol. The van der Waals surface area contributed by atoms with Gasteiger partial charge in [-0.05, 0) is 22.4 Å². The minimum absolute atomic E-state index is 0.439. The van der Waals surface area contributed by atoms with E-state index < -0.39 is 0 Å². The Balaban J connectivity index is 2.53. The monoisotopic (exact) mass is 288 g/mol. The molecule has 0 N–H and O–H groups in total. The Morgan fingerprint density at radius 2 is 2.27 bits per heavy atom. The summed E-state index contributed by atoms with van der Waals surface area (Å²) in [6.07, 6.45) is 3.66. The highest BCUT2D eigenvalue weighted by Crippen LogP contribution is 2.27. The first-order valence-electron chi connectivity index (χ1n) is 4.76. The van der Waals surface area contributed by atoms with E-state index in [1.807, 2.05) is 4.68 Å². The molecule has 0 aromatic carbocycles. The van der Waals surface area contributed by atoms with Crippen molar-refractivity contribution in [2.24, 2.45) is 0 Å². The van der Waals surface area contributed by atoms with Crippen LogP contribution in [0.2, 0.25) is 5.15 Å².